The van der Waals surface area contributed by atoms with E-state index in [1.807, 2.05) is 0 Å². The zero-order valence-electron chi connectivity index (χ0n) is 9.04. The van der Waals surface area contributed by atoms with Crippen molar-refractivity contribution in [3.8, 4) is 0 Å². The Morgan fingerprint density at radius 2 is 1.50 bits per heavy atom. The van der Waals surface area contributed by atoms with Crippen LogP contribution in [0, 0.1) is 0 Å². The van der Waals surface area contributed by atoms with Crippen molar-refractivity contribution in [3.05, 3.63) is 0 Å². The quantitative estimate of drug-likeness (QED) is 0.495. The molecule has 0 unspecified atom stereocenters. The van der Waals surface area contributed by atoms with Gasteiger partial charge in [-0.3, -0.25) is 0 Å². The summed E-state index contributed by atoms with van der Waals surface area (Å²) in [6.07, 6.45) is 6.78. The van der Waals surface area contributed by atoms with Gasteiger partial charge in [-0.1, -0.05) is 39.0 Å². The van der Waals surface area contributed by atoms with E-state index in [9.17, 15) is 8.42 Å². The zero-order valence-corrected chi connectivity index (χ0v) is 10.7. The molecule has 0 aromatic rings. The largest absolute Gasteiger partial charge is 0.229 e. The Kier molecular flexibility index (Phi) is 8.78. The summed E-state index contributed by atoms with van der Waals surface area (Å²) in [6.45, 7) is 2.18. The highest BCUT2D eigenvalue weighted by atomic mass is 32.2. The van der Waals surface area contributed by atoms with Crippen LogP contribution in [0.25, 0.3) is 0 Å². The van der Waals surface area contributed by atoms with Crippen molar-refractivity contribution < 1.29 is 8.42 Å². The molecule has 0 saturated heterocycles. The van der Waals surface area contributed by atoms with Crippen LogP contribution in [0.4, 0.5) is 0 Å². The lowest BCUT2D eigenvalue weighted by molar-refractivity contribution is 0.585. The monoisotopic (exact) mass is 238 g/mol. The molecule has 4 heteroatoms. The molecule has 0 saturated carbocycles. The van der Waals surface area contributed by atoms with Crippen molar-refractivity contribution in [1.29, 1.82) is 0 Å². The summed E-state index contributed by atoms with van der Waals surface area (Å²) in [5.41, 5.74) is 0. The summed E-state index contributed by atoms with van der Waals surface area (Å²) in [5, 5.41) is 0. The first-order valence-electron chi connectivity index (χ1n) is 5.43. The molecule has 86 valence electrons. The zero-order chi connectivity index (χ0) is 10.9. The molecule has 2 nitrogen and oxygen atoms in total. The predicted octanol–water partition coefficient (Wildman–Crippen LogP) is 2.69. The SMILES string of the molecule is CCCCCCCCS(=O)(=O)CCS. The van der Waals surface area contributed by atoms with E-state index in [1.165, 1.54) is 25.7 Å². The first-order chi connectivity index (χ1) is 6.62. The molecule has 0 N–H and O–H groups in total. The maximum absolute atomic E-state index is 11.3. The fraction of sp³-hybridized carbons (Fsp3) is 1.00. The number of hydrogen-bond acceptors (Lipinski definition) is 3. The molecule has 14 heavy (non-hydrogen) atoms. The fourth-order valence-corrected chi connectivity index (χ4v) is 3.30. The first-order valence-corrected chi connectivity index (χ1v) is 7.89. The molecule has 0 radical (unpaired) electrons. The van der Waals surface area contributed by atoms with Crippen LogP contribution in [0.5, 0.6) is 0 Å². The molecular formula is C10H22O2S2. The van der Waals surface area contributed by atoms with E-state index in [1.54, 1.807) is 0 Å². The Hall–Kier alpha value is 0.300. The summed E-state index contributed by atoms with van der Waals surface area (Å²) in [6, 6.07) is 0. The second-order valence-corrected chi connectivity index (χ2v) is 6.39. The molecule has 0 aliphatic heterocycles. The number of hydrogen-bond donors (Lipinski definition) is 1. The highest BCUT2D eigenvalue weighted by molar-refractivity contribution is 7.92. The molecule has 0 atom stereocenters. The van der Waals surface area contributed by atoms with Crippen molar-refractivity contribution in [2.75, 3.05) is 17.3 Å². The summed E-state index contributed by atoms with van der Waals surface area (Å²) in [7, 11) is -2.80. The maximum atomic E-state index is 11.3. The Labute approximate surface area is 93.8 Å². The topological polar surface area (TPSA) is 34.1 Å². The number of thiol groups is 1. The van der Waals surface area contributed by atoms with Gasteiger partial charge >= 0.3 is 0 Å². The summed E-state index contributed by atoms with van der Waals surface area (Å²) in [4.78, 5) is 0. The third-order valence-electron chi connectivity index (χ3n) is 2.21. The van der Waals surface area contributed by atoms with Gasteiger partial charge in [0.1, 0.15) is 0 Å². The van der Waals surface area contributed by atoms with E-state index >= 15 is 0 Å². The molecule has 0 aromatic heterocycles. The van der Waals surface area contributed by atoms with Crippen LogP contribution in [0.1, 0.15) is 45.4 Å². The van der Waals surface area contributed by atoms with E-state index in [0.717, 1.165) is 12.8 Å². The molecule has 0 rings (SSSR count). The molecule has 0 aromatic carbocycles. The molecule has 0 aliphatic carbocycles. The van der Waals surface area contributed by atoms with E-state index < -0.39 is 9.84 Å². The number of rotatable bonds is 9. The lowest BCUT2D eigenvalue weighted by Crippen LogP contribution is -2.11. The standard InChI is InChI=1S/C10H22O2S2/c1-2-3-4-5-6-7-9-14(11,12)10-8-13/h13H,2-10H2,1H3. The average Bonchev–Trinajstić information content (AvgIpc) is 2.11. The van der Waals surface area contributed by atoms with Gasteiger partial charge in [-0.15, -0.1) is 0 Å². The minimum absolute atomic E-state index is 0.227. The van der Waals surface area contributed by atoms with Crippen LogP contribution < -0.4 is 0 Å². The number of unbranched alkanes of at least 4 members (excludes halogenated alkanes) is 5. The van der Waals surface area contributed by atoms with Crippen molar-refractivity contribution in [2.24, 2.45) is 0 Å². The van der Waals surface area contributed by atoms with E-state index in [0.29, 0.717) is 11.5 Å². The summed E-state index contributed by atoms with van der Waals surface area (Å²) < 4.78 is 22.5. The summed E-state index contributed by atoms with van der Waals surface area (Å²) >= 11 is 3.93. The Balaban J connectivity index is 3.35. The van der Waals surface area contributed by atoms with Gasteiger partial charge in [0.25, 0.3) is 0 Å². The lowest BCUT2D eigenvalue weighted by Gasteiger charge is -2.02. The van der Waals surface area contributed by atoms with Crippen LogP contribution in [-0.4, -0.2) is 25.7 Å². The third-order valence-corrected chi connectivity index (χ3v) is 4.47. The van der Waals surface area contributed by atoms with Gasteiger partial charge in [-0.2, -0.15) is 12.6 Å². The minimum atomic E-state index is -2.80. The van der Waals surface area contributed by atoms with Gasteiger partial charge in [0.05, 0.1) is 11.5 Å². The normalized spacial score (nSPS) is 11.9. The molecular weight excluding hydrogens is 216 g/mol. The second kappa shape index (κ2) is 8.60. The Morgan fingerprint density at radius 3 is 2.07 bits per heavy atom. The van der Waals surface area contributed by atoms with Crippen LogP contribution in [-0.2, 0) is 9.84 Å². The van der Waals surface area contributed by atoms with Gasteiger partial charge in [-0.05, 0) is 6.42 Å². The summed E-state index contributed by atoms with van der Waals surface area (Å²) in [5.74, 6) is 1.02. The van der Waals surface area contributed by atoms with E-state index in [2.05, 4.69) is 19.6 Å². The van der Waals surface area contributed by atoms with Crippen LogP contribution in [0.15, 0.2) is 0 Å². The van der Waals surface area contributed by atoms with Gasteiger partial charge < -0.3 is 0 Å². The minimum Gasteiger partial charge on any atom is -0.229 e. The smallest absolute Gasteiger partial charge is 0.151 e. The highest BCUT2D eigenvalue weighted by Gasteiger charge is 2.07. The molecule has 0 amide bonds. The van der Waals surface area contributed by atoms with Crippen molar-refractivity contribution >= 4 is 22.5 Å². The Bertz CT molecular complexity index is 210. The van der Waals surface area contributed by atoms with Gasteiger partial charge in [-0.25, -0.2) is 8.42 Å². The van der Waals surface area contributed by atoms with Crippen molar-refractivity contribution in [1.82, 2.24) is 0 Å². The number of sulfone groups is 1. The molecule has 0 aliphatic rings. The first kappa shape index (κ1) is 14.3. The van der Waals surface area contributed by atoms with Crippen LogP contribution in [0.2, 0.25) is 0 Å². The van der Waals surface area contributed by atoms with E-state index in [-0.39, 0.29) is 5.75 Å². The predicted molar refractivity (Wildman–Crippen MR) is 65.9 cm³/mol. The third kappa shape index (κ3) is 8.88. The van der Waals surface area contributed by atoms with Crippen LogP contribution in [0.3, 0.4) is 0 Å². The van der Waals surface area contributed by atoms with Crippen molar-refractivity contribution in [2.45, 2.75) is 45.4 Å². The van der Waals surface area contributed by atoms with E-state index in [4.69, 9.17) is 0 Å². The van der Waals surface area contributed by atoms with Gasteiger partial charge in [0.2, 0.25) is 0 Å². The second-order valence-electron chi connectivity index (χ2n) is 3.64. The highest BCUT2D eigenvalue weighted by Crippen LogP contribution is 2.06. The van der Waals surface area contributed by atoms with Crippen LogP contribution >= 0.6 is 12.6 Å². The average molecular weight is 238 g/mol. The fourth-order valence-electron chi connectivity index (χ4n) is 1.34. The molecule has 0 heterocycles. The molecule has 0 bridgehead atoms. The van der Waals surface area contributed by atoms with Gasteiger partial charge in [0, 0.05) is 5.75 Å². The molecule has 0 fully saturated rings. The Morgan fingerprint density at radius 1 is 0.929 bits per heavy atom. The van der Waals surface area contributed by atoms with Gasteiger partial charge in [0.15, 0.2) is 9.84 Å². The lowest BCUT2D eigenvalue weighted by atomic mass is 10.1. The molecule has 0 spiro atoms. The maximum Gasteiger partial charge on any atom is 0.151 e. The van der Waals surface area contributed by atoms with Crippen molar-refractivity contribution in [3.63, 3.8) is 0 Å².